The summed E-state index contributed by atoms with van der Waals surface area (Å²) in [5.74, 6) is 0.915. The Balaban J connectivity index is 1.89. The molecule has 214 valence electrons. The summed E-state index contributed by atoms with van der Waals surface area (Å²) in [6, 6.07) is 14.2. The first-order valence-electron chi connectivity index (χ1n) is 14.8. The van der Waals surface area contributed by atoms with Crippen LogP contribution in [0.3, 0.4) is 0 Å². The first kappa shape index (κ1) is 31.2. The number of ether oxygens (including phenoxy) is 1. The van der Waals surface area contributed by atoms with Gasteiger partial charge in [-0.2, -0.15) is 11.8 Å². The molecule has 1 unspecified atom stereocenters. The molecule has 3 rings (SSSR count). The maximum absolute atomic E-state index is 13.6. The fourth-order valence-corrected chi connectivity index (χ4v) is 6.18. The minimum Gasteiger partial charge on any atom is -0.467 e. The number of hydrogen-bond donors (Lipinski definition) is 2. The number of carbonyl (C=O) groups excluding carboxylic acids is 2. The van der Waals surface area contributed by atoms with Gasteiger partial charge in [-0.25, -0.2) is 4.79 Å². The van der Waals surface area contributed by atoms with Crippen molar-refractivity contribution in [1.29, 1.82) is 0 Å². The van der Waals surface area contributed by atoms with Crippen molar-refractivity contribution in [1.82, 2.24) is 10.6 Å². The molecule has 1 saturated carbocycles. The summed E-state index contributed by atoms with van der Waals surface area (Å²) in [6.45, 7) is 5.36. The molecule has 2 atom stereocenters. The van der Waals surface area contributed by atoms with Crippen LogP contribution in [0.4, 0.5) is 0 Å². The molecular weight excluding hydrogens is 504 g/mol. The highest BCUT2D eigenvalue weighted by Crippen LogP contribution is 2.31. The number of methoxy groups -OCH3 is 1. The van der Waals surface area contributed by atoms with Gasteiger partial charge in [0.05, 0.1) is 7.11 Å². The number of amides is 1. The standard InChI is InChI=1S/C33H48N2O3S/c1-5-6-19-34-27(21-25-13-8-7-9-14-25)22-26-16-17-29(30(23-26)28-15-11-10-12-24(28)2)32(36)35-31(18-20-39-4)33(37)38-3/h10-12,15-17,23,25,27,31,34H,5-9,13-14,18-22H2,1-4H3,(H,35,36)/t27?,31-/m0/s1. The molecule has 1 aliphatic carbocycles. The Morgan fingerprint density at radius 3 is 2.54 bits per heavy atom. The van der Waals surface area contributed by atoms with E-state index in [1.807, 2.05) is 24.5 Å². The lowest BCUT2D eigenvalue weighted by Crippen LogP contribution is -2.42. The molecule has 0 aliphatic heterocycles. The maximum atomic E-state index is 13.6. The molecule has 2 aromatic rings. The van der Waals surface area contributed by atoms with Gasteiger partial charge in [-0.05, 0) is 85.4 Å². The van der Waals surface area contributed by atoms with Crippen molar-refractivity contribution in [2.24, 2.45) is 5.92 Å². The second-order valence-electron chi connectivity index (χ2n) is 11.0. The van der Waals surface area contributed by atoms with Crippen LogP contribution < -0.4 is 10.6 Å². The number of hydrogen-bond acceptors (Lipinski definition) is 5. The molecule has 1 fully saturated rings. The Labute approximate surface area is 240 Å². The summed E-state index contributed by atoms with van der Waals surface area (Å²) in [5, 5.41) is 6.81. The second-order valence-corrected chi connectivity index (χ2v) is 12.0. The van der Waals surface area contributed by atoms with Crippen LogP contribution in [-0.2, 0) is 16.0 Å². The van der Waals surface area contributed by atoms with Crippen molar-refractivity contribution in [2.45, 2.75) is 90.1 Å². The summed E-state index contributed by atoms with van der Waals surface area (Å²) in [7, 11) is 1.37. The predicted molar refractivity (Wildman–Crippen MR) is 164 cm³/mol. The van der Waals surface area contributed by atoms with E-state index in [0.717, 1.165) is 41.3 Å². The van der Waals surface area contributed by atoms with E-state index in [1.54, 1.807) is 11.8 Å². The molecule has 39 heavy (non-hydrogen) atoms. The highest BCUT2D eigenvalue weighted by atomic mass is 32.2. The molecule has 1 aliphatic rings. The van der Waals surface area contributed by atoms with Gasteiger partial charge in [0.25, 0.3) is 5.91 Å². The molecule has 2 aromatic carbocycles. The zero-order chi connectivity index (χ0) is 28.0. The average molecular weight is 553 g/mol. The molecule has 0 bridgehead atoms. The molecule has 0 spiro atoms. The number of carbonyl (C=O) groups is 2. The van der Waals surface area contributed by atoms with E-state index >= 15 is 0 Å². The fourth-order valence-electron chi connectivity index (χ4n) is 5.71. The van der Waals surface area contributed by atoms with Gasteiger partial charge < -0.3 is 15.4 Å². The van der Waals surface area contributed by atoms with Crippen molar-refractivity contribution >= 4 is 23.6 Å². The molecule has 6 heteroatoms. The summed E-state index contributed by atoms with van der Waals surface area (Å²) in [5.41, 5.74) is 4.92. The summed E-state index contributed by atoms with van der Waals surface area (Å²) < 4.78 is 4.98. The van der Waals surface area contributed by atoms with Crippen molar-refractivity contribution < 1.29 is 14.3 Å². The van der Waals surface area contributed by atoms with E-state index < -0.39 is 12.0 Å². The summed E-state index contributed by atoms with van der Waals surface area (Å²) in [4.78, 5) is 26.0. The number of benzene rings is 2. The first-order valence-corrected chi connectivity index (χ1v) is 16.2. The van der Waals surface area contributed by atoms with Crippen LogP contribution in [0.5, 0.6) is 0 Å². The van der Waals surface area contributed by atoms with Gasteiger partial charge in [0.15, 0.2) is 0 Å². The van der Waals surface area contributed by atoms with E-state index in [4.69, 9.17) is 4.74 Å². The van der Waals surface area contributed by atoms with Gasteiger partial charge in [0.1, 0.15) is 6.04 Å². The Bertz CT molecular complexity index is 1050. The Morgan fingerprint density at radius 1 is 1.08 bits per heavy atom. The van der Waals surface area contributed by atoms with Crippen molar-refractivity contribution in [2.75, 3.05) is 25.7 Å². The molecule has 1 amide bonds. The number of aryl methyl sites for hydroxylation is 1. The highest BCUT2D eigenvalue weighted by Gasteiger charge is 2.25. The minimum absolute atomic E-state index is 0.240. The molecule has 0 heterocycles. The Morgan fingerprint density at radius 2 is 1.85 bits per heavy atom. The van der Waals surface area contributed by atoms with Crippen molar-refractivity contribution in [3.63, 3.8) is 0 Å². The van der Waals surface area contributed by atoms with Gasteiger partial charge in [-0.15, -0.1) is 0 Å². The van der Waals surface area contributed by atoms with E-state index in [-0.39, 0.29) is 5.91 Å². The smallest absolute Gasteiger partial charge is 0.328 e. The Kier molecular flexibility index (Phi) is 13.4. The fraction of sp³-hybridized carbons (Fsp3) is 0.576. The molecular formula is C33H48N2O3S. The second kappa shape index (κ2) is 16.7. The van der Waals surface area contributed by atoms with Crippen molar-refractivity contribution in [3.05, 3.63) is 59.2 Å². The highest BCUT2D eigenvalue weighted by molar-refractivity contribution is 7.98. The van der Waals surface area contributed by atoms with Gasteiger partial charge >= 0.3 is 5.97 Å². The zero-order valence-corrected chi connectivity index (χ0v) is 25.2. The van der Waals surface area contributed by atoms with E-state index in [0.29, 0.717) is 18.0 Å². The van der Waals surface area contributed by atoms with Crippen LogP contribution in [0.1, 0.15) is 86.2 Å². The van der Waals surface area contributed by atoms with Gasteiger partial charge in [-0.1, -0.05) is 81.8 Å². The minimum atomic E-state index is -0.665. The van der Waals surface area contributed by atoms with Gasteiger partial charge in [0.2, 0.25) is 0 Å². The lowest BCUT2D eigenvalue weighted by atomic mass is 9.83. The number of thioether (sulfide) groups is 1. The lowest BCUT2D eigenvalue weighted by molar-refractivity contribution is -0.142. The van der Waals surface area contributed by atoms with Gasteiger partial charge in [-0.3, -0.25) is 4.79 Å². The summed E-state index contributed by atoms with van der Waals surface area (Å²) >= 11 is 1.64. The SMILES string of the molecule is CCCCNC(Cc1ccc(C(=O)N[C@@H](CCSC)C(=O)OC)c(-c2ccccc2C)c1)CC1CCCCC1. The maximum Gasteiger partial charge on any atom is 0.328 e. The topological polar surface area (TPSA) is 67.4 Å². The number of rotatable bonds is 15. The average Bonchev–Trinajstić information content (AvgIpc) is 2.95. The molecule has 0 saturated heterocycles. The van der Waals surface area contributed by atoms with Crippen LogP contribution in [0, 0.1) is 12.8 Å². The van der Waals surface area contributed by atoms with Crippen molar-refractivity contribution in [3.8, 4) is 11.1 Å². The predicted octanol–water partition coefficient (Wildman–Crippen LogP) is 6.96. The lowest BCUT2D eigenvalue weighted by Gasteiger charge is -2.28. The van der Waals surface area contributed by atoms with E-state index in [2.05, 4.69) is 48.7 Å². The largest absolute Gasteiger partial charge is 0.467 e. The van der Waals surface area contributed by atoms with Crippen LogP contribution >= 0.6 is 11.8 Å². The quantitative estimate of drug-likeness (QED) is 0.185. The molecule has 0 radical (unpaired) electrons. The monoisotopic (exact) mass is 552 g/mol. The normalized spacial score (nSPS) is 15.5. The van der Waals surface area contributed by atoms with E-state index in [1.165, 1.54) is 64.0 Å². The van der Waals surface area contributed by atoms with Crippen LogP contribution in [0.15, 0.2) is 42.5 Å². The van der Waals surface area contributed by atoms with Crippen LogP contribution in [0.25, 0.3) is 11.1 Å². The number of unbranched alkanes of at least 4 members (excludes halogenated alkanes) is 1. The van der Waals surface area contributed by atoms with Crippen LogP contribution in [0.2, 0.25) is 0 Å². The molecule has 5 nitrogen and oxygen atoms in total. The number of nitrogens with one attached hydrogen (secondary N) is 2. The molecule has 2 N–H and O–H groups in total. The molecule has 0 aromatic heterocycles. The third-order valence-corrected chi connectivity index (χ3v) is 8.60. The summed E-state index contributed by atoms with van der Waals surface area (Å²) in [6.07, 6.45) is 13.8. The van der Waals surface area contributed by atoms with Gasteiger partial charge in [0, 0.05) is 11.6 Å². The Hall–Kier alpha value is -2.31. The van der Waals surface area contributed by atoms with E-state index in [9.17, 15) is 9.59 Å². The zero-order valence-electron chi connectivity index (χ0n) is 24.4. The van der Waals surface area contributed by atoms with Crippen LogP contribution in [-0.4, -0.2) is 49.6 Å². The first-order chi connectivity index (χ1) is 19.0. The third kappa shape index (κ3) is 9.68. The third-order valence-electron chi connectivity index (χ3n) is 7.95. The number of esters is 1.